The van der Waals surface area contributed by atoms with E-state index in [1.807, 2.05) is 11.8 Å². The summed E-state index contributed by atoms with van der Waals surface area (Å²) in [6, 6.07) is 0. The van der Waals surface area contributed by atoms with Gasteiger partial charge in [0, 0.05) is 26.2 Å². The number of nitrogens with zero attached hydrogens (tertiary/aromatic N) is 1. The van der Waals surface area contributed by atoms with Crippen molar-refractivity contribution in [3.05, 3.63) is 0 Å². The Morgan fingerprint density at radius 1 is 1.38 bits per heavy atom. The van der Waals surface area contributed by atoms with Gasteiger partial charge >= 0.3 is 0 Å². The summed E-state index contributed by atoms with van der Waals surface area (Å²) in [7, 11) is 0. The molecule has 0 saturated carbocycles. The van der Waals surface area contributed by atoms with E-state index in [0.717, 1.165) is 32.6 Å². The van der Waals surface area contributed by atoms with Crippen LogP contribution >= 0.6 is 0 Å². The SMILES string of the molecule is CC1(C)CCN(C(=O)COC2(C)CNC2)C1. The molecule has 4 nitrogen and oxygen atoms in total. The van der Waals surface area contributed by atoms with Crippen molar-refractivity contribution in [2.45, 2.75) is 32.8 Å². The van der Waals surface area contributed by atoms with Crippen LogP contribution in [-0.4, -0.2) is 49.2 Å². The minimum absolute atomic E-state index is 0.120. The van der Waals surface area contributed by atoms with Crippen molar-refractivity contribution in [1.29, 1.82) is 0 Å². The molecule has 16 heavy (non-hydrogen) atoms. The molecule has 0 spiro atoms. The Kier molecular flexibility index (Phi) is 2.97. The van der Waals surface area contributed by atoms with Crippen LogP contribution in [0.2, 0.25) is 0 Å². The minimum atomic E-state index is -0.120. The van der Waals surface area contributed by atoms with Crippen LogP contribution in [0.25, 0.3) is 0 Å². The van der Waals surface area contributed by atoms with E-state index in [-0.39, 0.29) is 23.5 Å². The van der Waals surface area contributed by atoms with Crippen LogP contribution in [-0.2, 0) is 9.53 Å². The molecule has 0 aromatic heterocycles. The van der Waals surface area contributed by atoms with E-state index in [1.165, 1.54) is 0 Å². The molecular formula is C12H22N2O2. The number of nitrogens with one attached hydrogen (secondary N) is 1. The zero-order valence-electron chi connectivity index (χ0n) is 10.5. The summed E-state index contributed by atoms with van der Waals surface area (Å²) in [6.45, 7) is 10.1. The lowest BCUT2D eigenvalue weighted by Crippen LogP contribution is -2.59. The number of carbonyl (C=O) groups excluding carboxylic acids is 1. The summed E-state index contributed by atoms with van der Waals surface area (Å²) >= 11 is 0. The Balaban J connectivity index is 1.76. The molecule has 2 aliphatic rings. The largest absolute Gasteiger partial charge is 0.363 e. The maximum Gasteiger partial charge on any atom is 0.248 e. The molecule has 1 amide bonds. The second kappa shape index (κ2) is 4.00. The average molecular weight is 226 g/mol. The third-order valence-electron chi connectivity index (χ3n) is 3.57. The second-order valence-electron chi connectivity index (χ2n) is 6.07. The molecule has 2 rings (SSSR count). The monoisotopic (exact) mass is 226 g/mol. The van der Waals surface area contributed by atoms with E-state index in [0.29, 0.717) is 0 Å². The normalized spacial score (nSPS) is 26.6. The molecule has 92 valence electrons. The first-order valence-corrected chi connectivity index (χ1v) is 6.03. The molecule has 4 heteroatoms. The average Bonchev–Trinajstić information content (AvgIpc) is 2.52. The molecule has 2 aliphatic heterocycles. The van der Waals surface area contributed by atoms with Crippen LogP contribution in [0.1, 0.15) is 27.2 Å². The Bertz CT molecular complexity index is 285. The van der Waals surface area contributed by atoms with Crippen molar-refractivity contribution >= 4 is 5.91 Å². The molecular weight excluding hydrogens is 204 g/mol. The van der Waals surface area contributed by atoms with Gasteiger partial charge in [-0.2, -0.15) is 0 Å². The fraction of sp³-hybridized carbons (Fsp3) is 0.917. The molecule has 2 fully saturated rings. The lowest BCUT2D eigenvalue weighted by Gasteiger charge is -2.39. The molecule has 2 saturated heterocycles. The van der Waals surface area contributed by atoms with Gasteiger partial charge in [0.25, 0.3) is 0 Å². The molecule has 1 N–H and O–H groups in total. The van der Waals surface area contributed by atoms with Crippen molar-refractivity contribution in [2.75, 3.05) is 32.8 Å². The first-order chi connectivity index (χ1) is 7.40. The topological polar surface area (TPSA) is 41.6 Å². The van der Waals surface area contributed by atoms with Gasteiger partial charge in [0.05, 0.1) is 5.60 Å². The van der Waals surface area contributed by atoms with Gasteiger partial charge in [0.15, 0.2) is 0 Å². The maximum atomic E-state index is 11.9. The van der Waals surface area contributed by atoms with Gasteiger partial charge in [-0.05, 0) is 18.8 Å². The van der Waals surface area contributed by atoms with E-state index < -0.39 is 0 Å². The highest BCUT2D eigenvalue weighted by atomic mass is 16.5. The van der Waals surface area contributed by atoms with Crippen LogP contribution < -0.4 is 5.32 Å². The number of carbonyl (C=O) groups is 1. The highest BCUT2D eigenvalue weighted by Gasteiger charge is 2.35. The van der Waals surface area contributed by atoms with Gasteiger partial charge < -0.3 is 15.0 Å². The molecule has 0 atom stereocenters. The number of likely N-dealkylation sites (tertiary alicyclic amines) is 1. The number of rotatable bonds is 3. The summed E-state index contributed by atoms with van der Waals surface area (Å²) in [5.41, 5.74) is 0.155. The quantitative estimate of drug-likeness (QED) is 0.767. The molecule has 0 unspecified atom stereocenters. The molecule has 0 aromatic rings. The smallest absolute Gasteiger partial charge is 0.248 e. The molecule has 0 bridgehead atoms. The van der Waals surface area contributed by atoms with E-state index in [9.17, 15) is 4.79 Å². The summed E-state index contributed by atoms with van der Waals surface area (Å²) in [5, 5.41) is 3.16. The van der Waals surface area contributed by atoms with Crippen molar-refractivity contribution in [1.82, 2.24) is 10.2 Å². The Labute approximate surface area is 97.3 Å². The molecule has 0 aromatic carbocycles. The maximum absolute atomic E-state index is 11.9. The molecule has 2 heterocycles. The summed E-state index contributed by atoms with van der Waals surface area (Å²) in [4.78, 5) is 13.8. The summed E-state index contributed by atoms with van der Waals surface area (Å²) in [6.07, 6.45) is 1.09. The van der Waals surface area contributed by atoms with Crippen molar-refractivity contribution in [2.24, 2.45) is 5.41 Å². The predicted molar refractivity (Wildman–Crippen MR) is 62.2 cm³/mol. The van der Waals surface area contributed by atoms with Crippen LogP contribution in [0.4, 0.5) is 0 Å². The van der Waals surface area contributed by atoms with Gasteiger partial charge in [-0.15, -0.1) is 0 Å². The highest BCUT2D eigenvalue weighted by molar-refractivity contribution is 5.77. The summed E-state index contributed by atoms with van der Waals surface area (Å²) in [5.74, 6) is 0.138. The van der Waals surface area contributed by atoms with Crippen molar-refractivity contribution < 1.29 is 9.53 Å². The standard InChI is InChI=1S/C12H22N2O2/c1-11(2)4-5-14(9-11)10(15)6-16-12(3)7-13-8-12/h13H,4-9H2,1-3H3. The fourth-order valence-corrected chi connectivity index (χ4v) is 2.23. The third kappa shape index (κ3) is 2.55. The number of hydrogen-bond donors (Lipinski definition) is 1. The van der Waals surface area contributed by atoms with Gasteiger partial charge in [-0.25, -0.2) is 0 Å². The van der Waals surface area contributed by atoms with Gasteiger partial charge in [-0.3, -0.25) is 4.79 Å². The lowest BCUT2D eigenvalue weighted by atomic mass is 9.93. The lowest BCUT2D eigenvalue weighted by molar-refractivity contribution is -0.145. The van der Waals surface area contributed by atoms with E-state index in [2.05, 4.69) is 19.2 Å². The summed E-state index contributed by atoms with van der Waals surface area (Å²) < 4.78 is 5.65. The number of hydrogen-bond acceptors (Lipinski definition) is 3. The number of ether oxygens (including phenoxy) is 1. The van der Waals surface area contributed by atoms with Gasteiger partial charge in [-0.1, -0.05) is 13.8 Å². The van der Waals surface area contributed by atoms with Gasteiger partial charge in [0.1, 0.15) is 6.61 Å². The Morgan fingerprint density at radius 3 is 2.50 bits per heavy atom. The highest BCUT2D eigenvalue weighted by Crippen LogP contribution is 2.28. The van der Waals surface area contributed by atoms with Crippen LogP contribution in [0.5, 0.6) is 0 Å². The fourth-order valence-electron chi connectivity index (χ4n) is 2.23. The molecule has 0 radical (unpaired) electrons. The van der Waals surface area contributed by atoms with E-state index in [4.69, 9.17) is 4.74 Å². The van der Waals surface area contributed by atoms with Crippen molar-refractivity contribution in [3.63, 3.8) is 0 Å². The zero-order valence-corrected chi connectivity index (χ0v) is 10.5. The number of amides is 1. The molecule has 0 aliphatic carbocycles. The predicted octanol–water partition coefficient (Wildman–Crippen LogP) is 0.623. The second-order valence-corrected chi connectivity index (χ2v) is 6.07. The van der Waals surface area contributed by atoms with Crippen molar-refractivity contribution in [3.8, 4) is 0 Å². The minimum Gasteiger partial charge on any atom is -0.363 e. The van der Waals surface area contributed by atoms with Gasteiger partial charge in [0.2, 0.25) is 5.91 Å². The Morgan fingerprint density at radius 2 is 2.06 bits per heavy atom. The zero-order chi connectivity index (χ0) is 11.8. The third-order valence-corrected chi connectivity index (χ3v) is 3.57. The first-order valence-electron chi connectivity index (χ1n) is 6.03. The first kappa shape index (κ1) is 11.9. The van der Waals surface area contributed by atoms with E-state index in [1.54, 1.807) is 0 Å². The van der Waals surface area contributed by atoms with E-state index >= 15 is 0 Å². The van der Waals surface area contributed by atoms with Crippen LogP contribution in [0, 0.1) is 5.41 Å². The van der Waals surface area contributed by atoms with Crippen LogP contribution in [0.3, 0.4) is 0 Å². The Hall–Kier alpha value is -0.610. The van der Waals surface area contributed by atoms with Crippen LogP contribution in [0.15, 0.2) is 0 Å².